The summed E-state index contributed by atoms with van der Waals surface area (Å²) in [5.41, 5.74) is 2.46. The van der Waals surface area contributed by atoms with Crippen LogP contribution in [-0.2, 0) is 5.41 Å². The fraction of sp³-hybridized carbons (Fsp3) is 0.795. The fourth-order valence-corrected chi connectivity index (χ4v) is 5.40. The van der Waals surface area contributed by atoms with Crippen molar-refractivity contribution in [2.24, 2.45) is 40.9 Å². The summed E-state index contributed by atoms with van der Waals surface area (Å²) in [5.74, 6) is 4.89. The van der Waals surface area contributed by atoms with Gasteiger partial charge in [-0.2, -0.15) is 0 Å². The molecule has 0 N–H and O–H groups in total. The molecule has 0 saturated heterocycles. The van der Waals surface area contributed by atoms with Crippen LogP contribution in [0, 0.1) is 40.9 Å². The molecule has 1 atom stereocenters. The van der Waals surface area contributed by atoms with Crippen LogP contribution in [0.5, 0.6) is 0 Å². The van der Waals surface area contributed by atoms with Crippen molar-refractivity contribution in [1.29, 1.82) is 0 Å². The largest absolute Gasteiger partial charge is 0.0914 e. The summed E-state index contributed by atoms with van der Waals surface area (Å²) in [6.07, 6.45) is 12.1. The molecule has 0 aliphatic heterocycles. The Hall–Kier alpha value is -1.04. The highest BCUT2D eigenvalue weighted by Gasteiger charge is 2.31. The topological polar surface area (TPSA) is 0 Å². The molecule has 0 fully saturated rings. The molecule has 1 aromatic carbocycles. The van der Waals surface area contributed by atoms with Crippen LogP contribution in [0.25, 0.3) is 0 Å². The van der Waals surface area contributed by atoms with Crippen molar-refractivity contribution < 1.29 is 0 Å². The third kappa shape index (κ3) is 16.7. The normalized spacial score (nSPS) is 12.8. The van der Waals surface area contributed by atoms with Gasteiger partial charge in [0, 0.05) is 0 Å². The molecule has 0 heterocycles. The smallest absolute Gasteiger partial charge is 0.00292 e. The molecule has 0 aliphatic carbocycles. The van der Waals surface area contributed by atoms with Gasteiger partial charge in [0.05, 0.1) is 0 Å². The van der Waals surface area contributed by atoms with E-state index >= 15 is 0 Å². The lowest BCUT2D eigenvalue weighted by atomic mass is 9.68. The van der Waals surface area contributed by atoms with Gasteiger partial charge in [-0.3, -0.25) is 0 Å². The van der Waals surface area contributed by atoms with Crippen LogP contribution in [0.4, 0.5) is 0 Å². The highest BCUT2D eigenvalue weighted by atomic mass is 14.4. The van der Waals surface area contributed by atoms with E-state index in [1.165, 1.54) is 44.1 Å². The quantitative estimate of drug-likeness (QED) is 0.229. The van der Waals surface area contributed by atoms with E-state index in [4.69, 9.17) is 0 Å². The number of rotatable bonds is 12. The van der Waals surface area contributed by atoms with Crippen molar-refractivity contribution in [3.8, 4) is 0 Å². The molecule has 39 heavy (non-hydrogen) atoms. The summed E-state index contributed by atoms with van der Waals surface area (Å²) in [6.45, 7) is 38.8. The van der Waals surface area contributed by atoms with Gasteiger partial charge in [-0.1, -0.05) is 179 Å². The molecule has 1 rings (SSSR count). The van der Waals surface area contributed by atoms with Gasteiger partial charge in [0.2, 0.25) is 0 Å². The highest BCUT2D eigenvalue weighted by Crippen LogP contribution is 2.38. The van der Waals surface area contributed by atoms with Gasteiger partial charge in [-0.05, 0) is 71.7 Å². The van der Waals surface area contributed by atoms with Crippen molar-refractivity contribution in [2.75, 3.05) is 0 Å². The molecule has 0 nitrogen and oxygen atoms in total. The van der Waals surface area contributed by atoms with Gasteiger partial charge in [0.1, 0.15) is 0 Å². The minimum Gasteiger partial charge on any atom is -0.0914 e. The van der Waals surface area contributed by atoms with Crippen LogP contribution >= 0.6 is 0 Å². The van der Waals surface area contributed by atoms with E-state index in [0.29, 0.717) is 16.7 Å². The van der Waals surface area contributed by atoms with E-state index < -0.39 is 0 Å². The number of hydrogen-bond acceptors (Lipinski definition) is 0. The summed E-state index contributed by atoms with van der Waals surface area (Å²) in [6, 6.07) is 10.9. The first-order valence-corrected chi connectivity index (χ1v) is 16.8. The van der Waals surface area contributed by atoms with Crippen LogP contribution in [0.2, 0.25) is 0 Å². The summed E-state index contributed by atoms with van der Waals surface area (Å²) in [7, 11) is 0. The number of allylic oxidation sites excluding steroid dienone is 2. The molecule has 0 aliphatic rings. The Morgan fingerprint density at radius 3 is 1.21 bits per heavy atom. The van der Waals surface area contributed by atoms with Crippen molar-refractivity contribution in [3.63, 3.8) is 0 Å². The van der Waals surface area contributed by atoms with Crippen LogP contribution in [0.1, 0.15) is 162 Å². The lowest BCUT2D eigenvalue weighted by Crippen LogP contribution is -2.30. The summed E-state index contributed by atoms with van der Waals surface area (Å²) >= 11 is 0. The van der Waals surface area contributed by atoms with Gasteiger partial charge in [0.15, 0.2) is 0 Å². The van der Waals surface area contributed by atoms with Crippen molar-refractivity contribution in [1.82, 2.24) is 0 Å². The molecule has 1 aromatic rings. The predicted molar refractivity (Wildman–Crippen MR) is 185 cm³/mol. The molecule has 0 amide bonds. The Morgan fingerprint density at radius 1 is 0.615 bits per heavy atom. The second-order valence-electron chi connectivity index (χ2n) is 13.3. The predicted octanol–water partition coefficient (Wildman–Crippen LogP) is 13.8. The second-order valence-corrected chi connectivity index (χ2v) is 13.3. The van der Waals surface area contributed by atoms with Crippen molar-refractivity contribution >= 4 is 0 Å². The maximum atomic E-state index is 2.37. The summed E-state index contributed by atoms with van der Waals surface area (Å²) in [4.78, 5) is 0. The Bertz CT molecular complexity index is 649. The number of benzene rings is 1. The zero-order valence-electron chi connectivity index (χ0n) is 30.2. The van der Waals surface area contributed by atoms with Crippen LogP contribution in [-0.4, -0.2) is 0 Å². The monoisotopic (exact) mass is 545 g/mol. The molecule has 0 radical (unpaired) electrons. The van der Waals surface area contributed by atoms with Crippen LogP contribution in [0.15, 0.2) is 42.5 Å². The number of hydrogen-bond donors (Lipinski definition) is 0. The molecule has 0 heteroatoms. The average Bonchev–Trinajstić information content (AvgIpc) is 2.91. The van der Waals surface area contributed by atoms with Gasteiger partial charge >= 0.3 is 0 Å². The third-order valence-corrected chi connectivity index (χ3v) is 10.3. The van der Waals surface area contributed by atoms with E-state index in [0.717, 1.165) is 29.6 Å². The van der Waals surface area contributed by atoms with E-state index in [2.05, 4.69) is 160 Å². The van der Waals surface area contributed by atoms with E-state index in [-0.39, 0.29) is 0 Å². The molecule has 0 spiro atoms. The zero-order valence-corrected chi connectivity index (χ0v) is 30.2. The fourth-order valence-electron chi connectivity index (χ4n) is 5.40. The first kappa shape index (κ1) is 42.4. The van der Waals surface area contributed by atoms with E-state index in [9.17, 15) is 0 Å². The summed E-state index contributed by atoms with van der Waals surface area (Å²) < 4.78 is 0. The second kappa shape index (κ2) is 23.6. The Kier molecular flexibility index (Phi) is 25.7. The first-order chi connectivity index (χ1) is 18.1. The van der Waals surface area contributed by atoms with E-state index in [1.54, 1.807) is 0 Å². The van der Waals surface area contributed by atoms with Gasteiger partial charge in [-0.25, -0.2) is 0 Å². The lowest BCUT2D eigenvalue weighted by Gasteiger charge is -2.36. The first-order valence-electron chi connectivity index (χ1n) is 16.8. The molecule has 0 saturated carbocycles. The maximum absolute atomic E-state index is 2.37. The third-order valence-electron chi connectivity index (χ3n) is 10.3. The average molecular weight is 545 g/mol. The Labute approximate surface area is 250 Å². The van der Waals surface area contributed by atoms with Crippen LogP contribution < -0.4 is 0 Å². The van der Waals surface area contributed by atoms with Crippen molar-refractivity contribution in [3.05, 3.63) is 48.0 Å². The highest BCUT2D eigenvalue weighted by molar-refractivity contribution is 5.25. The Morgan fingerprint density at radius 2 is 1.05 bits per heavy atom. The molecule has 0 bridgehead atoms. The van der Waals surface area contributed by atoms with Gasteiger partial charge in [0.25, 0.3) is 0 Å². The Balaban J connectivity index is -0.000000460. The van der Waals surface area contributed by atoms with Gasteiger partial charge < -0.3 is 0 Å². The molecule has 232 valence electrons. The van der Waals surface area contributed by atoms with Crippen LogP contribution in [0.3, 0.4) is 0 Å². The molecular formula is C39H76. The van der Waals surface area contributed by atoms with Gasteiger partial charge in [-0.15, -0.1) is 0 Å². The zero-order chi connectivity index (χ0) is 31.2. The minimum atomic E-state index is 0.376. The molecule has 1 unspecified atom stereocenters. The summed E-state index contributed by atoms with van der Waals surface area (Å²) in [5, 5.41) is 0. The molecular weight excluding hydrogens is 468 g/mol. The maximum Gasteiger partial charge on any atom is -0.00292 e. The minimum absolute atomic E-state index is 0.376. The van der Waals surface area contributed by atoms with Crippen molar-refractivity contribution in [2.45, 2.75) is 162 Å². The molecule has 0 aromatic heterocycles. The van der Waals surface area contributed by atoms with E-state index in [1.807, 2.05) is 0 Å². The lowest BCUT2D eigenvalue weighted by molar-refractivity contribution is 0.200. The standard InChI is InChI=1S/C14H22.C9H20.C8H16.C8H18/c1-5-14(6-2,12(3)4)13-10-8-7-9-11-13;1-6-9(5,7-2)8(3)4;1-5-6-8(4)7(2)3;1-5-8(6-2)7(3)4/h7-12H,5-6H2,1-4H3;8H,6-7H2,1-5H3;5-8H,1-4H3;7-8H,5-6H2,1-4H3. The SMILES string of the molecule is CC=CC(C)C(C)C.CCC(C)(CC)C(C)C.CCC(CC)(c1ccccc1)C(C)C.CCC(CC)C(C)C.